The molecule has 2 heterocycles. The molecule has 4 nitrogen and oxygen atoms in total. The van der Waals surface area contributed by atoms with Crippen molar-refractivity contribution in [3.63, 3.8) is 0 Å². The highest BCUT2D eigenvalue weighted by molar-refractivity contribution is 5.52. The first-order chi connectivity index (χ1) is 9.13. The Morgan fingerprint density at radius 1 is 1.32 bits per heavy atom. The zero-order valence-corrected chi connectivity index (χ0v) is 12.6. The number of anilines is 1. The van der Waals surface area contributed by atoms with Gasteiger partial charge in [0.1, 0.15) is 0 Å². The summed E-state index contributed by atoms with van der Waals surface area (Å²) >= 11 is 0. The van der Waals surface area contributed by atoms with E-state index in [0.717, 1.165) is 26.2 Å². The zero-order valence-electron chi connectivity index (χ0n) is 12.6. The van der Waals surface area contributed by atoms with Gasteiger partial charge in [0, 0.05) is 37.9 Å². The number of hydrogen-bond acceptors (Lipinski definition) is 4. The van der Waals surface area contributed by atoms with E-state index in [2.05, 4.69) is 54.0 Å². The first-order valence-corrected chi connectivity index (χ1v) is 7.24. The van der Waals surface area contributed by atoms with Crippen molar-refractivity contribution < 1.29 is 0 Å². The monoisotopic (exact) mass is 262 g/mol. The van der Waals surface area contributed by atoms with Crippen LogP contribution in [0, 0.1) is 0 Å². The summed E-state index contributed by atoms with van der Waals surface area (Å²) in [4.78, 5) is 9.25. The molecule has 2 unspecified atom stereocenters. The lowest BCUT2D eigenvalue weighted by atomic mass is 10.1. The van der Waals surface area contributed by atoms with E-state index in [1.807, 2.05) is 12.4 Å². The number of nitrogens with one attached hydrogen (secondary N) is 1. The van der Waals surface area contributed by atoms with Crippen LogP contribution in [0.2, 0.25) is 0 Å². The smallest absolute Gasteiger partial charge is 0.0599 e. The van der Waals surface area contributed by atoms with E-state index in [4.69, 9.17) is 0 Å². The maximum Gasteiger partial charge on any atom is 0.0599 e. The SMILES string of the molecule is CCNCc1ccncc1N1CC(C)N(C)C(C)C1. The summed E-state index contributed by atoms with van der Waals surface area (Å²) in [6.07, 6.45) is 3.90. The van der Waals surface area contributed by atoms with E-state index in [0.29, 0.717) is 12.1 Å². The fourth-order valence-electron chi connectivity index (χ4n) is 2.71. The third-order valence-corrected chi connectivity index (χ3v) is 4.15. The quantitative estimate of drug-likeness (QED) is 0.895. The van der Waals surface area contributed by atoms with Gasteiger partial charge in [-0.15, -0.1) is 0 Å². The Morgan fingerprint density at radius 2 is 2.00 bits per heavy atom. The van der Waals surface area contributed by atoms with Crippen molar-refractivity contribution in [1.29, 1.82) is 0 Å². The Kier molecular flexibility index (Phi) is 4.77. The summed E-state index contributed by atoms with van der Waals surface area (Å²) in [5.74, 6) is 0. The number of likely N-dealkylation sites (N-methyl/N-ethyl adjacent to an activating group) is 1. The van der Waals surface area contributed by atoms with Crippen LogP contribution >= 0.6 is 0 Å². The second-order valence-corrected chi connectivity index (χ2v) is 5.55. The highest BCUT2D eigenvalue weighted by Gasteiger charge is 2.27. The number of rotatable bonds is 4. The average Bonchev–Trinajstić information content (AvgIpc) is 2.42. The molecule has 0 bridgehead atoms. The highest BCUT2D eigenvalue weighted by Crippen LogP contribution is 2.24. The Morgan fingerprint density at radius 3 is 2.63 bits per heavy atom. The van der Waals surface area contributed by atoms with E-state index in [9.17, 15) is 0 Å². The second kappa shape index (κ2) is 6.35. The Bertz CT molecular complexity index is 395. The molecule has 4 heteroatoms. The van der Waals surface area contributed by atoms with E-state index in [1.54, 1.807) is 0 Å². The van der Waals surface area contributed by atoms with Gasteiger partial charge in [-0.3, -0.25) is 9.88 Å². The standard InChI is InChI=1S/C15H26N4/c1-5-16-8-14-6-7-17-9-15(14)19-10-12(2)18(4)13(3)11-19/h6-7,9,12-13,16H,5,8,10-11H2,1-4H3. The van der Waals surface area contributed by atoms with E-state index >= 15 is 0 Å². The van der Waals surface area contributed by atoms with Crippen molar-refractivity contribution in [2.75, 3.05) is 31.6 Å². The summed E-state index contributed by atoms with van der Waals surface area (Å²) in [5.41, 5.74) is 2.64. The van der Waals surface area contributed by atoms with Crippen LogP contribution in [0.4, 0.5) is 5.69 Å². The molecular weight excluding hydrogens is 236 g/mol. The fraction of sp³-hybridized carbons (Fsp3) is 0.667. The van der Waals surface area contributed by atoms with E-state index < -0.39 is 0 Å². The van der Waals surface area contributed by atoms with Crippen LogP contribution in [0.3, 0.4) is 0 Å². The molecule has 0 aromatic carbocycles. The van der Waals surface area contributed by atoms with Crippen LogP contribution in [0.5, 0.6) is 0 Å². The maximum atomic E-state index is 4.31. The molecule has 1 fully saturated rings. The molecule has 106 valence electrons. The van der Waals surface area contributed by atoms with Crippen LogP contribution in [0.25, 0.3) is 0 Å². The summed E-state index contributed by atoms with van der Waals surface area (Å²) < 4.78 is 0. The van der Waals surface area contributed by atoms with Crippen molar-refractivity contribution in [3.05, 3.63) is 24.0 Å². The van der Waals surface area contributed by atoms with Crippen LogP contribution in [-0.2, 0) is 6.54 Å². The largest absolute Gasteiger partial charge is 0.367 e. The summed E-state index contributed by atoms with van der Waals surface area (Å²) in [7, 11) is 2.22. The Labute approximate surface area is 116 Å². The first-order valence-electron chi connectivity index (χ1n) is 7.24. The van der Waals surface area contributed by atoms with Gasteiger partial charge in [-0.05, 0) is 39.1 Å². The molecule has 19 heavy (non-hydrogen) atoms. The normalized spacial score (nSPS) is 24.7. The van der Waals surface area contributed by atoms with Crippen LogP contribution in [0.15, 0.2) is 18.5 Å². The molecule has 0 spiro atoms. The number of aromatic nitrogens is 1. The first kappa shape index (κ1) is 14.3. The average molecular weight is 262 g/mol. The van der Waals surface area contributed by atoms with Crippen molar-refractivity contribution in [2.24, 2.45) is 0 Å². The molecule has 2 rings (SSSR count). The lowest BCUT2D eigenvalue weighted by Crippen LogP contribution is -2.55. The van der Waals surface area contributed by atoms with Gasteiger partial charge in [-0.2, -0.15) is 0 Å². The molecule has 0 amide bonds. The Balaban J connectivity index is 2.17. The number of nitrogens with zero attached hydrogens (tertiary/aromatic N) is 3. The van der Waals surface area contributed by atoms with Crippen LogP contribution in [-0.4, -0.2) is 48.6 Å². The molecule has 0 radical (unpaired) electrons. The molecular formula is C15H26N4. The molecule has 1 aliphatic heterocycles. The van der Waals surface area contributed by atoms with Gasteiger partial charge in [0.15, 0.2) is 0 Å². The van der Waals surface area contributed by atoms with Crippen molar-refractivity contribution in [3.8, 4) is 0 Å². The van der Waals surface area contributed by atoms with Gasteiger partial charge in [-0.1, -0.05) is 6.92 Å². The van der Waals surface area contributed by atoms with Gasteiger partial charge >= 0.3 is 0 Å². The minimum atomic E-state index is 0.580. The van der Waals surface area contributed by atoms with Gasteiger partial charge in [0.05, 0.1) is 11.9 Å². The third-order valence-electron chi connectivity index (χ3n) is 4.15. The number of piperazine rings is 1. The second-order valence-electron chi connectivity index (χ2n) is 5.55. The van der Waals surface area contributed by atoms with Gasteiger partial charge in [0.25, 0.3) is 0 Å². The predicted octanol–water partition coefficient (Wildman–Crippen LogP) is 1.72. The molecule has 1 saturated heterocycles. The minimum absolute atomic E-state index is 0.580. The van der Waals surface area contributed by atoms with E-state index in [-0.39, 0.29) is 0 Å². The van der Waals surface area contributed by atoms with Crippen molar-refractivity contribution in [1.82, 2.24) is 15.2 Å². The molecule has 1 aliphatic rings. The minimum Gasteiger partial charge on any atom is -0.367 e. The lowest BCUT2D eigenvalue weighted by molar-refractivity contribution is 0.170. The van der Waals surface area contributed by atoms with Crippen molar-refractivity contribution >= 4 is 5.69 Å². The van der Waals surface area contributed by atoms with Gasteiger partial charge in [-0.25, -0.2) is 0 Å². The van der Waals surface area contributed by atoms with Crippen LogP contribution in [0.1, 0.15) is 26.3 Å². The molecule has 0 saturated carbocycles. The zero-order chi connectivity index (χ0) is 13.8. The van der Waals surface area contributed by atoms with Gasteiger partial charge in [0.2, 0.25) is 0 Å². The van der Waals surface area contributed by atoms with Crippen LogP contribution < -0.4 is 10.2 Å². The van der Waals surface area contributed by atoms with Gasteiger partial charge < -0.3 is 10.2 Å². The predicted molar refractivity (Wildman–Crippen MR) is 80.5 cm³/mol. The number of pyridine rings is 1. The molecule has 1 N–H and O–H groups in total. The number of hydrogen-bond donors (Lipinski definition) is 1. The fourth-order valence-corrected chi connectivity index (χ4v) is 2.71. The molecule has 1 aromatic heterocycles. The maximum absolute atomic E-state index is 4.31. The Hall–Kier alpha value is -1.13. The highest BCUT2D eigenvalue weighted by atomic mass is 15.3. The lowest BCUT2D eigenvalue weighted by Gasteiger charge is -2.44. The molecule has 2 atom stereocenters. The summed E-state index contributed by atoms with van der Waals surface area (Å²) in [6, 6.07) is 3.29. The summed E-state index contributed by atoms with van der Waals surface area (Å²) in [6.45, 7) is 10.8. The topological polar surface area (TPSA) is 31.4 Å². The van der Waals surface area contributed by atoms with E-state index in [1.165, 1.54) is 11.3 Å². The van der Waals surface area contributed by atoms with Crippen molar-refractivity contribution in [2.45, 2.75) is 39.4 Å². The third kappa shape index (κ3) is 3.25. The molecule has 1 aromatic rings. The summed E-state index contributed by atoms with van der Waals surface area (Å²) in [5, 5.41) is 3.41. The molecule has 0 aliphatic carbocycles.